The molecule has 0 saturated heterocycles. The van der Waals surface area contributed by atoms with Crippen LogP contribution >= 0.6 is 12.2 Å². The van der Waals surface area contributed by atoms with Crippen molar-refractivity contribution in [1.29, 1.82) is 0 Å². The first-order chi connectivity index (χ1) is 5.20. The summed E-state index contributed by atoms with van der Waals surface area (Å²) in [6, 6.07) is 0.266. The van der Waals surface area contributed by atoms with Crippen molar-refractivity contribution in [3.05, 3.63) is 0 Å². The Kier molecular flexibility index (Phi) is 6.16. The van der Waals surface area contributed by atoms with Crippen molar-refractivity contribution >= 4 is 17.3 Å². The lowest BCUT2D eigenvalue weighted by molar-refractivity contribution is 0.170. The Morgan fingerprint density at radius 2 is 2.36 bits per heavy atom. The third kappa shape index (κ3) is 6.06. The lowest BCUT2D eigenvalue weighted by atomic mass is 10.2. The standard InChI is InChI=1S/C7H16N2OS/c1-3-4-6(5-10-2)9-7(8)11/h6H,3-5H2,1-2H3,(H3,8,9,11). The van der Waals surface area contributed by atoms with Crippen molar-refractivity contribution in [3.8, 4) is 0 Å². The molecule has 0 aromatic heterocycles. The number of thiocarbonyl (C=S) groups is 1. The highest BCUT2D eigenvalue weighted by Gasteiger charge is 2.05. The number of ether oxygens (including phenoxy) is 1. The molecule has 1 atom stereocenters. The molecule has 0 bridgehead atoms. The van der Waals surface area contributed by atoms with E-state index in [1.807, 2.05) is 0 Å². The maximum absolute atomic E-state index is 5.32. The predicted molar refractivity (Wildman–Crippen MR) is 50.5 cm³/mol. The molecule has 0 aliphatic rings. The lowest BCUT2D eigenvalue weighted by Gasteiger charge is -2.16. The van der Waals surface area contributed by atoms with Crippen molar-refractivity contribution in [2.24, 2.45) is 5.73 Å². The van der Waals surface area contributed by atoms with Gasteiger partial charge in [0.2, 0.25) is 0 Å². The zero-order valence-corrected chi connectivity index (χ0v) is 7.91. The zero-order chi connectivity index (χ0) is 8.69. The molecule has 0 aliphatic heterocycles. The van der Waals surface area contributed by atoms with Crippen LogP contribution in [0.3, 0.4) is 0 Å². The number of methoxy groups -OCH3 is 1. The average molecular weight is 176 g/mol. The molecule has 0 amide bonds. The maximum Gasteiger partial charge on any atom is 0.163 e. The van der Waals surface area contributed by atoms with E-state index in [2.05, 4.69) is 12.2 Å². The van der Waals surface area contributed by atoms with Gasteiger partial charge in [0, 0.05) is 7.11 Å². The minimum absolute atomic E-state index is 0.266. The molecule has 11 heavy (non-hydrogen) atoms. The monoisotopic (exact) mass is 176 g/mol. The van der Waals surface area contributed by atoms with E-state index in [1.54, 1.807) is 7.11 Å². The predicted octanol–water partition coefficient (Wildman–Crippen LogP) is 0.635. The largest absolute Gasteiger partial charge is 0.383 e. The number of nitrogens with two attached hydrogens (primary N) is 1. The second-order valence-corrected chi connectivity index (χ2v) is 2.89. The van der Waals surface area contributed by atoms with E-state index < -0.39 is 0 Å². The van der Waals surface area contributed by atoms with Crippen LogP contribution in [0, 0.1) is 0 Å². The smallest absolute Gasteiger partial charge is 0.163 e. The Balaban J connectivity index is 3.59. The summed E-state index contributed by atoms with van der Waals surface area (Å²) in [4.78, 5) is 0. The fraction of sp³-hybridized carbons (Fsp3) is 0.857. The topological polar surface area (TPSA) is 47.3 Å². The van der Waals surface area contributed by atoms with Crippen LogP contribution in [0.15, 0.2) is 0 Å². The number of rotatable bonds is 5. The van der Waals surface area contributed by atoms with Gasteiger partial charge in [0.15, 0.2) is 5.11 Å². The van der Waals surface area contributed by atoms with E-state index in [-0.39, 0.29) is 6.04 Å². The van der Waals surface area contributed by atoms with Crippen LogP contribution in [0.5, 0.6) is 0 Å². The molecule has 0 rings (SSSR count). The van der Waals surface area contributed by atoms with Gasteiger partial charge in [0.1, 0.15) is 0 Å². The zero-order valence-electron chi connectivity index (χ0n) is 7.09. The molecular formula is C7H16N2OS. The summed E-state index contributed by atoms with van der Waals surface area (Å²) in [5.74, 6) is 0. The van der Waals surface area contributed by atoms with Gasteiger partial charge in [-0.25, -0.2) is 0 Å². The van der Waals surface area contributed by atoms with Gasteiger partial charge in [-0.15, -0.1) is 0 Å². The Bertz CT molecular complexity index is 113. The van der Waals surface area contributed by atoms with E-state index >= 15 is 0 Å². The molecule has 0 heterocycles. The van der Waals surface area contributed by atoms with Crippen LogP contribution in [0.25, 0.3) is 0 Å². The molecule has 0 aromatic rings. The van der Waals surface area contributed by atoms with E-state index in [9.17, 15) is 0 Å². The molecule has 0 spiro atoms. The van der Waals surface area contributed by atoms with Crippen molar-refractivity contribution in [3.63, 3.8) is 0 Å². The summed E-state index contributed by atoms with van der Waals surface area (Å²) >= 11 is 4.71. The van der Waals surface area contributed by atoms with Gasteiger partial charge >= 0.3 is 0 Å². The fourth-order valence-electron chi connectivity index (χ4n) is 0.948. The third-order valence-corrected chi connectivity index (χ3v) is 1.47. The summed E-state index contributed by atoms with van der Waals surface area (Å²) < 4.78 is 4.98. The van der Waals surface area contributed by atoms with Crippen molar-refractivity contribution in [2.45, 2.75) is 25.8 Å². The second-order valence-electron chi connectivity index (χ2n) is 2.45. The van der Waals surface area contributed by atoms with Gasteiger partial charge < -0.3 is 15.8 Å². The van der Waals surface area contributed by atoms with Gasteiger partial charge in [0.25, 0.3) is 0 Å². The Hall–Kier alpha value is -0.350. The van der Waals surface area contributed by atoms with Crippen molar-refractivity contribution in [1.82, 2.24) is 5.32 Å². The van der Waals surface area contributed by atoms with Crippen LogP contribution < -0.4 is 11.1 Å². The van der Waals surface area contributed by atoms with Crippen molar-refractivity contribution in [2.75, 3.05) is 13.7 Å². The summed E-state index contributed by atoms with van der Waals surface area (Å²) in [7, 11) is 1.67. The van der Waals surface area contributed by atoms with Crippen molar-refractivity contribution < 1.29 is 4.74 Å². The summed E-state index contributed by atoms with van der Waals surface area (Å²) in [6.07, 6.45) is 2.13. The highest BCUT2D eigenvalue weighted by molar-refractivity contribution is 7.80. The molecule has 0 aliphatic carbocycles. The number of hydrogen-bond acceptors (Lipinski definition) is 2. The molecule has 0 radical (unpaired) electrons. The fourth-order valence-corrected chi connectivity index (χ4v) is 1.11. The van der Waals surface area contributed by atoms with Gasteiger partial charge in [-0.3, -0.25) is 0 Å². The van der Waals surface area contributed by atoms with E-state index in [1.165, 1.54) is 0 Å². The van der Waals surface area contributed by atoms with Crippen LogP contribution in [0.4, 0.5) is 0 Å². The van der Waals surface area contributed by atoms with Gasteiger partial charge in [0.05, 0.1) is 12.6 Å². The average Bonchev–Trinajstić information content (AvgIpc) is 1.87. The highest BCUT2D eigenvalue weighted by atomic mass is 32.1. The third-order valence-electron chi connectivity index (χ3n) is 1.35. The molecule has 4 heteroatoms. The lowest BCUT2D eigenvalue weighted by Crippen LogP contribution is -2.40. The summed E-state index contributed by atoms with van der Waals surface area (Å²) in [5.41, 5.74) is 5.32. The molecule has 1 unspecified atom stereocenters. The molecular weight excluding hydrogens is 160 g/mol. The van der Waals surface area contributed by atoms with Crippen LogP contribution in [-0.2, 0) is 4.74 Å². The number of nitrogens with one attached hydrogen (secondary N) is 1. The van der Waals surface area contributed by atoms with Gasteiger partial charge in [-0.1, -0.05) is 13.3 Å². The van der Waals surface area contributed by atoms with E-state index in [0.717, 1.165) is 12.8 Å². The first-order valence-corrected chi connectivity index (χ1v) is 4.16. The Morgan fingerprint density at radius 1 is 1.73 bits per heavy atom. The molecule has 3 nitrogen and oxygen atoms in total. The SMILES string of the molecule is CCCC(COC)NC(N)=S. The number of hydrogen-bond donors (Lipinski definition) is 2. The van der Waals surface area contributed by atoms with Crippen LogP contribution in [-0.4, -0.2) is 24.9 Å². The van der Waals surface area contributed by atoms with Gasteiger partial charge in [-0.2, -0.15) is 0 Å². The maximum atomic E-state index is 5.32. The summed E-state index contributed by atoms with van der Waals surface area (Å²) in [6.45, 7) is 2.77. The van der Waals surface area contributed by atoms with E-state index in [0.29, 0.717) is 11.7 Å². The molecule has 0 saturated carbocycles. The molecule has 0 aromatic carbocycles. The van der Waals surface area contributed by atoms with Crippen LogP contribution in [0.1, 0.15) is 19.8 Å². The normalized spacial score (nSPS) is 12.5. The second kappa shape index (κ2) is 6.37. The van der Waals surface area contributed by atoms with E-state index in [4.69, 9.17) is 22.7 Å². The minimum Gasteiger partial charge on any atom is -0.383 e. The van der Waals surface area contributed by atoms with Gasteiger partial charge in [-0.05, 0) is 18.6 Å². The summed E-state index contributed by atoms with van der Waals surface area (Å²) in [5, 5.41) is 3.31. The Labute approximate surface area is 73.3 Å². The first-order valence-electron chi connectivity index (χ1n) is 3.75. The first kappa shape index (κ1) is 10.7. The molecule has 3 N–H and O–H groups in total. The quantitative estimate of drug-likeness (QED) is 0.603. The highest BCUT2D eigenvalue weighted by Crippen LogP contribution is 1.96. The Morgan fingerprint density at radius 3 is 2.73 bits per heavy atom. The molecule has 66 valence electrons. The molecule has 0 fully saturated rings. The van der Waals surface area contributed by atoms with Crippen LogP contribution in [0.2, 0.25) is 0 Å². The minimum atomic E-state index is 0.266.